The maximum Gasteiger partial charge on any atom is 0.228 e. The monoisotopic (exact) mass is 343 g/mol. The Bertz CT molecular complexity index is 842. The van der Waals surface area contributed by atoms with E-state index >= 15 is 0 Å². The van der Waals surface area contributed by atoms with Crippen LogP contribution in [0, 0.1) is 0 Å². The Labute approximate surface area is 144 Å². The highest BCUT2D eigenvalue weighted by molar-refractivity contribution is 6.29. The topological polar surface area (TPSA) is 95.7 Å². The molecule has 0 amide bonds. The molecular weight excluding hydrogens is 326 g/mol. The van der Waals surface area contributed by atoms with E-state index in [-0.39, 0.29) is 0 Å². The molecule has 0 bridgehead atoms. The van der Waals surface area contributed by atoms with Gasteiger partial charge in [0, 0.05) is 36.3 Å². The highest BCUT2D eigenvalue weighted by Gasteiger charge is 2.22. The van der Waals surface area contributed by atoms with Gasteiger partial charge in [0.15, 0.2) is 0 Å². The van der Waals surface area contributed by atoms with E-state index in [0.29, 0.717) is 23.0 Å². The third-order valence-electron chi connectivity index (χ3n) is 4.22. The summed E-state index contributed by atoms with van der Waals surface area (Å²) in [6, 6.07) is 8.08. The molecule has 24 heavy (non-hydrogen) atoms. The smallest absolute Gasteiger partial charge is 0.228 e. The van der Waals surface area contributed by atoms with Gasteiger partial charge in [0.2, 0.25) is 5.95 Å². The maximum atomic E-state index is 6.00. The molecule has 1 aromatic carbocycles. The molecule has 7 nitrogen and oxygen atoms in total. The van der Waals surface area contributed by atoms with Gasteiger partial charge in [-0.15, -0.1) is 0 Å². The number of aromatic amines is 1. The quantitative estimate of drug-likeness (QED) is 0.633. The maximum absolute atomic E-state index is 6.00. The molecule has 0 saturated carbocycles. The number of piperidine rings is 1. The number of hydrogen-bond donors (Lipinski definition) is 3. The molecule has 4 rings (SSSR count). The molecule has 3 heterocycles. The number of hydrogen-bond acceptors (Lipinski definition) is 6. The number of nitrogens with zero attached hydrogens (tertiary/aromatic N) is 4. The predicted molar refractivity (Wildman–Crippen MR) is 96.4 cm³/mol. The lowest BCUT2D eigenvalue weighted by Gasteiger charge is -2.33. The van der Waals surface area contributed by atoms with Gasteiger partial charge in [-0.05, 0) is 31.0 Å². The minimum atomic E-state index is 0.308. The van der Waals surface area contributed by atoms with Crippen molar-refractivity contribution in [1.29, 1.82) is 0 Å². The summed E-state index contributed by atoms with van der Waals surface area (Å²) < 4.78 is 0. The summed E-state index contributed by atoms with van der Waals surface area (Å²) in [7, 11) is 0. The Balaban J connectivity index is 1.49. The van der Waals surface area contributed by atoms with Crippen molar-refractivity contribution >= 4 is 40.0 Å². The van der Waals surface area contributed by atoms with Crippen LogP contribution in [0.5, 0.6) is 0 Å². The third-order valence-corrected chi connectivity index (χ3v) is 4.41. The molecule has 3 aromatic rings. The van der Waals surface area contributed by atoms with Gasteiger partial charge < -0.3 is 16.0 Å². The summed E-state index contributed by atoms with van der Waals surface area (Å²) in [5.74, 6) is 0.986. The molecule has 2 aromatic heterocycles. The van der Waals surface area contributed by atoms with Gasteiger partial charge in [0.25, 0.3) is 0 Å². The first kappa shape index (κ1) is 15.0. The highest BCUT2D eigenvalue weighted by Crippen LogP contribution is 2.23. The van der Waals surface area contributed by atoms with Crippen molar-refractivity contribution in [1.82, 2.24) is 20.2 Å². The zero-order chi connectivity index (χ0) is 16.5. The Kier molecular flexibility index (Phi) is 3.86. The fraction of sp³-hybridized carbons (Fsp3) is 0.312. The van der Waals surface area contributed by atoms with Crippen molar-refractivity contribution in [2.24, 2.45) is 0 Å². The lowest BCUT2D eigenvalue weighted by Crippen LogP contribution is -2.43. The van der Waals surface area contributed by atoms with Crippen molar-refractivity contribution in [3.8, 4) is 0 Å². The standard InChI is InChI=1S/C16H18ClN7/c17-14-7-15(18)22-16(21-14)24-5-1-2-12(9-24)20-11-4-3-10-8-19-23-13(10)6-11/h3-4,6-8,12,20H,1-2,5,9H2,(H,19,23)(H2,18,21,22). The van der Waals surface area contributed by atoms with Crippen molar-refractivity contribution in [2.75, 3.05) is 29.0 Å². The first-order valence-corrected chi connectivity index (χ1v) is 8.30. The SMILES string of the molecule is Nc1cc(Cl)nc(N2CCCC(Nc3ccc4cn[nH]c4c3)C2)n1. The largest absolute Gasteiger partial charge is 0.383 e. The molecule has 4 N–H and O–H groups in total. The third kappa shape index (κ3) is 3.07. The first-order valence-electron chi connectivity index (χ1n) is 7.92. The van der Waals surface area contributed by atoms with Crippen LogP contribution in [0.2, 0.25) is 5.15 Å². The number of rotatable bonds is 3. The number of H-pyrrole nitrogens is 1. The Morgan fingerprint density at radius 1 is 1.29 bits per heavy atom. The molecule has 0 spiro atoms. The second kappa shape index (κ2) is 6.16. The Morgan fingerprint density at radius 3 is 3.08 bits per heavy atom. The lowest BCUT2D eigenvalue weighted by molar-refractivity contribution is 0.523. The van der Waals surface area contributed by atoms with Crippen molar-refractivity contribution in [3.63, 3.8) is 0 Å². The molecule has 1 aliphatic heterocycles. The van der Waals surface area contributed by atoms with Crippen molar-refractivity contribution < 1.29 is 0 Å². The zero-order valence-electron chi connectivity index (χ0n) is 13.0. The number of anilines is 3. The average Bonchev–Trinajstić information content (AvgIpc) is 3.02. The summed E-state index contributed by atoms with van der Waals surface area (Å²) >= 11 is 6.00. The number of nitrogen functional groups attached to an aromatic ring is 1. The fourth-order valence-corrected chi connectivity index (χ4v) is 3.29. The Morgan fingerprint density at radius 2 is 2.21 bits per heavy atom. The number of nitrogens with one attached hydrogen (secondary N) is 2. The van der Waals surface area contributed by atoms with Crippen molar-refractivity contribution in [2.45, 2.75) is 18.9 Å². The number of fused-ring (bicyclic) bond motifs is 1. The summed E-state index contributed by atoms with van der Waals surface area (Å²) in [6.45, 7) is 1.71. The van der Waals surface area contributed by atoms with Gasteiger partial charge in [0.1, 0.15) is 11.0 Å². The molecule has 0 radical (unpaired) electrons. The highest BCUT2D eigenvalue weighted by atomic mass is 35.5. The normalized spacial score (nSPS) is 18.0. The fourth-order valence-electron chi connectivity index (χ4n) is 3.10. The van der Waals surface area contributed by atoms with Gasteiger partial charge >= 0.3 is 0 Å². The average molecular weight is 344 g/mol. The number of aromatic nitrogens is 4. The van der Waals surface area contributed by atoms with Crippen LogP contribution in [0.3, 0.4) is 0 Å². The van der Waals surface area contributed by atoms with Gasteiger partial charge in [-0.25, -0.2) is 4.98 Å². The van der Waals surface area contributed by atoms with Crippen LogP contribution in [0.15, 0.2) is 30.5 Å². The van der Waals surface area contributed by atoms with Crippen LogP contribution in [-0.2, 0) is 0 Å². The minimum Gasteiger partial charge on any atom is -0.383 e. The van der Waals surface area contributed by atoms with Crippen LogP contribution in [0.1, 0.15) is 12.8 Å². The van der Waals surface area contributed by atoms with Crippen LogP contribution in [0.25, 0.3) is 10.9 Å². The van der Waals surface area contributed by atoms with E-state index in [1.165, 1.54) is 0 Å². The second-order valence-corrected chi connectivity index (χ2v) is 6.40. The van der Waals surface area contributed by atoms with Crippen LogP contribution in [-0.4, -0.2) is 39.3 Å². The Hall–Kier alpha value is -2.54. The van der Waals surface area contributed by atoms with E-state index in [4.69, 9.17) is 17.3 Å². The molecule has 1 fully saturated rings. The summed E-state index contributed by atoms with van der Waals surface area (Å²) in [4.78, 5) is 10.7. The summed E-state index contributed by atoms with van der Waals surface area (Å²) in [5.41, 5.74) is 7.88. The van der Waals surface area contributed by atoms with Gasteiger partial charge in [0.05, 0.1) is 11.7 Å². The number of benzene rings is 1. The number of halogens is 1. The van der Waals surface area contributed by atoms with E-state index < -0.39 is 0 Å². The van der Waals surface area contributed by atoms with Gasteiger partial charge in [-0.2, -0.15) is 10.1 Å². The van der Waals surface area contributed by atoms with Crippen molar-refractivity contribution in [3.05, 3.63) is 35.6 Å². The zero-order valence-corrected chi connectivity index (χ0v) is 13.8. The number of nitrogens with two attached hydrogens (primary N) is 1. The molecule has 1 aliphatic rings. The van der Waals surface area contributed by atoms with E-state index in [0.717, 1.165) is 42.5 Å². The molecule has 1 saturated heterocycles. The first-order chi connectivity index (χ1) is 11.7. The molecule has 1 atom stereocenters. The molecule has 0 aliphatic carbocycles. The minimum absolute atomic E-state index is 0.308. The van der Waals surface area contributed by atoms with E-state index in [1.54, 1.807) is 6.07 Å². The second-order valence-electron chi connectivity index (χ2n) is 6.02. The van der Waals surface area contributed by atoms with Crippen LogP contribution in [0.4, 0.5) is 17.5 Å². The summed E-state index contributed by atoms with van der Waals surface area (Å²) in [6.07, 6.45) is 3.97. The predicted octanol–water partition coefficient (Wildman–Crippen LogP) is 2.67. The van der Waals surface area contributed by atoms with E-state index in [9.17, 15) is 0 Å². The van der Waals surface area contributed by atoms with E-state index in [1.807, 2.05) is 6.20 Å². The van der Waals surface area contributed by atoms with E-state index in [2.05, 4.69) is 48.6 Å². The van der Waals surface area contributed by atoms with Crippen LogP contribution >= 0.6 is 11.6 Å². The van der Waals surface area contributed by atoms with Gasteiger partial charge in [-0.1, -0.05) is 11.6 Å². The summed E-state index contributed by atoms with van der Waals surface area (Å²) in [5, 5.41) is 12.1. The molecular formula is C16H18ClN7. The van der Waals surface area contributed by atoms with Gasteiger partial charge in [-0.3, -0.25) is 5.10 Å². The molecule has 8 heteroatoms. The van der Waals surface area contributed by atoms with Crippen LogP contribution < -0.4 is 16.0 Å². The lowest BCUT2D eigenvalue weighted by atomic mass is 10.1. The molecule has 1 unspecified atom stereocenters. The molecule has 124 valence electrons.